The third-order valence-corrected chi connectivity index (χ3v) is 3.55. The molecule has 2 aliphatic carbocycles. The van der Waals surface area contributed by atoms with Gasteiger partial charge in [0.05, 0.1) is 0 Å². The van der Waals surface area contributed by atoms with Gasteiger partial charge in [0.1, 0.15) is 5.82 Å². The third-order valence-electron chi connectivity index (χ3n) is 3.55. The summed E-state index contributed by atoms with van der Waals surface area (Å²) < 4.78 is 13.0. The van der Waals surface area contributed by atoms with Gasteiger partial charge in [-0.15, -0.1) is 0 Å². The maximum atomic E-state index is 13.0. The Hall–Kier alpha value is -0.890. The van der Waals surface area contributed by atoms with Crippen LogP contribution < -0.4 is 5.73 Å². The average molecular weight is 191 g/mol. The molecule has 1 nitrogen and oxygen atoms in total. The monoisotopic (exact) mass is 191 g/mol. The van der Waals surface area contributed by atoms with E-state index in [2.05, 4.69) is 0 Å². The van der Waals surface area contributed by atoms with E-state index in [1.165, 1.54) is 18.4 Å². The van der Waals surface area contributed by atoms with Crippen molar-refractivity contribution in [3.8, 4) is 0 Å². The van der Waals surface area contributed by atoms with Gasteiger partial charge in [0.15, 0.2) is 0 Å². The minimum atomic E-state index is -0.157. The fourth-order valence-corrected chi connectivity index (χ4v) is 2.68. The Morgan fingerprint density at radius 1 is 1.21 bits per heavy atom. The van der Waals surface area contributed by atoms with E-state index in [0.717, 1.165) is 17.9 Å². The number of halogens is 1. The zero-order chi connectivity index (χ0) is 9.71. The van der Waals surface area contributed by atoms with E-state index < -0.39 is 0 Å². The largest absolute Gasteiger partial charge is 0.324 e. The SMILES string of the molecule is NC1CC(C2CC2)c2ccc(F)cc21. The molecular weight excluding hydrogens is 177 g/mol. The molecule has 2 unspecified atom stereocenters. The first-order valence-electron chi connectivity index (χ1n) is 5.30. The van der Waals surface area contributed by atoms with Crippen LogP contribution in [0.25, 0.3) is 0 Å². The molecule has 3 rings (SSSR count). The van der Waals surface area contributed by atoms with Gasteiger partial charge in [-0.3, -0.25) is 0 Å². The molecule has 2 N–H and O–H groups in total. The first-order chi connectivity index (χ1) is 6.75. The van der Waals surface area contributed by atoms with Crippen LogP contribution in [0.1, 0.15) is 42.3 Å². The molecule has 1 fully saturated rings. The standard InChI is InChI=1S/C12H14FN/c13-8-3-4-9-10(7-1-2-7)6-12(14)11(9)5-8/h3-5,7,10,12H,1-2,6,14H2. The fourth-order valence-electron chi connectivity index (χ4n) is 2.68. The van der Waals surface area contributed by atoms with Crippen molar-refractivity contribution in [2.75, 3.05) is 0 Å². The molecule has 2 atom stereocenters. The van der Waals surface area contributed by atoms with Gasteiger partial charge >= 0.3 is 0 Å². The average Bonchev–Trinajstić information content (AvgIpc) is 2.94. The summed E-state index contributed by atoms with van der Waals surface area (Å²) in [5.74, 6) is 1.28. The van der Waals surface area contributed by atoms with Crippen molar-refractivity contribution >= 4 is 0 Å². The molecule has 0 amide bonds. The predicted octanol–water partition coefficient (Wildman–Crippen LogP) is 2.72. The Labute approximate surface area is 83.1 Å². The van der Waals surface area contributed by atoms with Gasteiger partial charge in [0.2, 0.25) is 0 Å². The van der Waals surface area contributed by atoms with Crippen LogP contribution >= 0.6 is 0 Å². The second kappa shape index (κ2) is 2.80. The number of nitrogens with two attached hydrogens (primary N) is 1. The van der Waals surface area contributed by atoms with Crippen LogP contribution in [-0.2, 0) is 0 Å². The summed E-state index contributed by atoms with van der Waals surface area (Å²) in [5.41, 5.74) is 8.35. The summed E-state index contributed by atoms with van der Waals surface area (Å²) >= 11 is 0. The molecule has 14 heavy (non-hydrogen) atoms. The number of rotatable bonds is 1. The van der Waals surface area contributed by atoms with Crippen molar-refractivity contribution in [1.82, 2.24) is 0 Å². The summed E-state index contributed by atoms with van der Waals surface area (Å²) in [6.45, 7) is 0. The van der Waals surface area contributed by atoms with E-state index in [1.807, 2.05) is 6.07 Å². The topological polar surface area (TPSA) is 26.0 Å². The van der Waals surface area contributed by atoms with E-state index in [0.29, 0.717) is 5.92 Å². The highest BCUT2D eigenvalue weighted by Gasteiger charge is 2.39. The summed E-state index contributed by atoms with van der Waals surface area (Å²) in [6, 6.07) is 5.17. The molecule has 2 heteroatoms. The first kappa shape index (κ1) is 8.42. The zero-order valence-electron chi connectivity index (χ0n) is 8.04. The first-order valence-corrected chi connectivity index (χ1v) is 5.30. The van der Waals surface area contributed by atoms with Crippen LogP contribution in [0.2, 0.25) is 0 Å². The molecule has 0 radical (unpaired) electrons. The van der Waals surface area contributed by atoms with E-state index in [4.69, 9.17) is 5.73 Å². The smallest absolute Gasteiger partial charge is 0.123 e. The van der Waals surface area contributed by atoms with E-state index in [1.54, 1.807) is 12.1 Å². The van der Waals surface area contributed by atoms with Crippen molar-refractivity contribution in [3.63, 3.8) is 0 Å². The van der Waals surface area contributed by atoms with Crippen molar-refractivity contribution in [1.29, 1.82) is 0 Å². The number of benzene rings is 1. The molecule has 0 bridgehead atoms. The van der Waals surface area contributed by atoms with Crippen LogP contribution in [0.15, 0.2) is 18.2 Å². The zero-order valence-corrected chi connectivity index (χ0v) is 8.04. The predicted molar refractivity (Wildman–Crippen MR) is 53.4 cm³/mol. The Bertz CT molecular complexity index is 371. The van der Waals surface area contributed by atoms with E-state index in [-0.39, 0.29) is 11.9 Å². The van der Waals surface area contributed by atoms with Crippen LogP contribution in [0, 0.1) is 11.7 Å². The molecule has 1 aromatic rings. The number of hydrogen-bond donors (Lipinski definition) is 1. The lowest BCUT2D eigenvalue weighted by molar-refractivity contribution is 0.550. The van der Waals surface area contributed by atoms with Crippen molar-refractivity contribution in [3.05, 3.63) is 35.1 Å². The molecule has 0 heterocycles. The Morgan fingerprint density at radius 2 is 2.00 bits per heavy atom. The van der Waals surface area contributed by atoms with Gasteiger partial charge in [0, 0.05) is 6.04 Å². The van der Waals surface area contributed by atoms with Gasteiger partial charge in [-0.1, -0.05) is 6.07 Å². The quantitative estimate of drug-likeness (QED) is 0.725. The Balaban J connectivity index is 2.04. The van der Waals surface area contributed by atoms with Crippen LogP contribution in [0.3, 0.4) is 0 Å². The third kappa shape index (κ3) is 1.17. The van der Waals surface area contributed by atoms with Crippen molar-refractivity contribution < 1.29 is 4.39 Å². The highest BCUT2D eigenvalue weighted by molar-refractivity contribution is 5.39. The van der Waals surface area contributed by atoms with Crippen LogP contribution in [-0.4, -0.2) is 0 Å². The minimum absolute atomic E-state index is 0.0614. The molecule has 0 aromatic heterocycles. The summed E-state index contributed by atoms with van der Waals surface area (Å²) in [7, 11) is 0. The molecule has 0 spiro atoms. The van der Waals surface area contributed by atoms with Crippen LogP contribution in [0.4, 0.5) is 4.39 Å². The molecule has 1 aromatic carbocycles. The van der Waals surface area contributed by atoms with Crippen LogP contribution in [0.5, 0.6) is 0 Å². The normalized spacial score (nSPS) is 30.4. The van der Waals surface area contributed by atoms with E-state index in [9.17, 15) is 4.39 Å². The van der Waals surface area contributed by atoms with E-state index >= 15 is 0 Å². The molecular formula is C12H14FN. The highest BCUT2D eigenvalue weighted by atomic mass is 19.1. The maximum absolute atomic E-state index is 13.0. The van der Waals surface area contributed by atoms with Gasteiger partial charge in [0.25, 0.3) is 0 Å². The second-order valence-electron chi connectivity index (χ2n) is 4.56. The lowest BCUT2D eigenvalue weighted by Crippen LogP contribution is -2.06. The lowest BCUT2D eigenvalue weighted by atomic mass is 9.96. The summed E-state index contributed by atoms with van der Waals surface area (Å²) in [4.78, 5) is 0. The number of hydrogen-bond acceptors (Lipinski definition) is 1. The van der Waals surface area contributed by atoms with Crippen molar-refractivity contribution in [2.45, 2.75) is 31.2 Å². The fraction of sp³-hybridized carbons (Fsp3) is 0.500. The van der Waals surface area contributed by atoms with Crippen molar-refractivity contribution in [2.24, 2.45) is 11.7 Å². The minimum Gasteiger partial charge on any atom is -0.324 e. The lowest BCUT2D eigenvalue weighted by Gasteiger charge is -2.08. The van der Waals surface area contributed by atoms with Gasteiger partial charge in [-0.05, 0) is 54.4 Å². The molecule has 74 valence electrons. The van der Waals surface area contributed by atoms with Gasteiger partial charge in [-0.25, -0.2) is 4.39 Å². The molecule has 2 aliphatic rings. The molecule has 0 saturated heterocycles. The second-order valence-corrected chi connectivity index (χ2v) is 4.56. The highest BCUT2D eigenvalue weighted by Crippen LogP contribution is 2.51. The van der Waals surface area contributed by atoms with Gasteiger partial charge < -0.3 is 5.73 Å². The summed E-state index contributed by atoms with van der Waals surface area (Å²) in [5, 5.41) is 0. The van der Waals surface area contributed by atoms with Gasteiger partial charge in [-0.2, -0.15) is 0 Å². The Kier molecular flexibility index (Phi) is 1.68. The maximum Gasteiger partial charge on any atom is 0.123 e. The Morgan fingerprint density at radius 3 is 2.71 bits per heavy atom. The number of fused-ring (bicyclic) bond motifs is 1. The molecule has 1 saturated carbocycles. The molecule has 0 aliphatic heterocycles. The summed E-state index contributed by atoms with van der Waals surface area (Å²) in [6.07, 6.45) is 3.67.